The Labute approximate surface area is 160 Å². The number of aliphatic hydroxyl groups is 2. The third-order valence-corrected chi connectivity index (χ3v) is 6.46. The summed E-state index contributed by atoms with van der Waals surface area (Å²) < 4.78 is 0. The molecule has 0 amide bonds. The molecule has 4 nitrogen and oxygen atoms in total. The monoisotopic (exact) mass is 364 g/mol. The molecule has 2 aliphatic heterocycles. The molecule has 2 rings (SSSR count). The molecule has 0 atom stereocenters. The summed E-state index contributed by atoms with van der Waals surface area (Å²) in [5.41, 5.74) is -0.208. The Hall–Kier alpha value is -0.600. The summed E-state index contributed by atoms with van der Waals surface area (Å²) in [7, 11) is 0. The fraction of sp³-hybridized carbons (Fsp3) is 0.909. The molecule has 26 heavy (non-hydrogen) atoms. The molecule has 0 radical (unpaired) electrons. The number of rotatable bonds is 2. The summed E-state index contributed by atoms with van der Waals surface area (Å²) in [6.07, 6.45) is 2.71. The first-order valence-corrected chi connectivity index (χ1v) is 10.0. The van der Waals surface area contributed by atoms with E-state index in [0.29, 0.717) is 0 Å². The van der Waals surface area contributed by atoms with Crippen LogP contribution in [0.5, 0.6) is 0 Å². The van der Waals surface area contributed by atoms with E-state index in [2.05, 4.69) is 77.0 Å². The van der Waals surface area contributed by atoms with Gasteiger partial charge in [-0.2, -0.15) is 0 Å². The molecule has 2 saturated heterocycles. The largest absolute Gasteiger partial charge is 0.393 e. The molecule has 0 aliphatic carbocycles. The van der Waals surface area contributed by atoms with Crippen LogP contribution in [0, 0.1) is 11.8 Å². The number of hydrogen-bond donors (Lipinski definition) is 2. The van der Waals surface area contributed by atoms with Gasteiger partial charge in [-0.1, -0.05) is 11.8 Å². The van der Waals surface area contributed by atoms with Gasteiger partial charge in [0, 0.05) is 22.2 Å². The molecular weight excluding hydrogens is 324 g/mol. The molecule has 0 unspecified atom stereocenters. The zero-order chi connectivity index (χ0) is 20.0. The average molecular weight is 365 g/mol. The van der Waals surface area contributed by atoms with E-state index in [1.807, 2.05) is 0 Å². The minimum Gasteiger partial charge on any atom is -0.393 e. The molecule has 0 spiro atoms. The zero-order valence-corrected chi connectivity index (χ0v) is 18.2. The summed E-state index contributed by atoms with van der Waals surface area (Å²) >= 11 is 0. The van der Waals surface area contributed by atoms with Crippen LogP contribution in [0.15, 0.2) is 0 Å². The Morgan fingerprint density at radius 1 is 0.615 bits per heavy atom. The predicted octanol–water partition coefficient (Wildman–Crippen LogP) is 3.02. The van der Waals surface area contributed by atoms with Crippen molar-refractivity contribution in [2.24, 2.45) is 0 Å². The molecule has 0 bridgehead atoms. The second-order valence-corrected chi connectivity index (χ2v) is 10.9. The smallest absolute Gasteiger partial charge is 0.0611 e. The van der Waals surface area contributed by atoms with Crippen molar-refractivity contribution in [3.8, 4) is 11.8 Å². The first-order valence-electron chi connectivity index (χ1n) is 10.0. The van der Waals surface area contributed by atoms with Crippen molar-refractivity contribution in [2.75, 3.05) is 13.1 Å². The topological polar surface area (TPSA) is 46.9 Å². The molecule has 2 aliphatic rings. The van der Waals surface area contributed by atoms with Gasteiger partial charge in [0.25, 0.3) is 0 Å². The highest BCUT2D eigenvalue weighted by molar-refractivity contribution is 5.12. The molecule has 2 fully saturated rings. The van der Waals surface area contributed by atoms with E-state index in [1.54, 1.807) is 0 Å². The van der Waals surface area contributed by atoms with E-state index in [1.165, 1.54) is 0 Å². The summed E-state index contributed by atoms with van der Waals surface area (Å²) in [5.74, 6) is 6.81. The van der Waals surface area contributed by atoms with Crippen LogP contribution < -0.4 is 0 Å². The zero-order valence-electron chi connectivity index (χ0n) is 18.2. The third kappa shape index (κ3) is 4.62. The van der Waals surface area contributed by atoms with E-state index in [0.717, 1.165) is 38.8 Å². The van der Waals surface area contributed by atoms with Crippen molar-refractivity contribution in [3.63, 3.8) is 0 Å². The number of likely N-dealkylation sites (tertiary alicyclic amines) is 2. The molecular formula is C22H40N2O2. The fourth-order valence-corrected chi connectivity index (χ4v) is 5.66. The van der Waals surface area contributed by atoms with Gasteiger partial charge in [0.05, 0.1) is 25.3 Å². The molecule has 150 valence electrons. The molecule has 2 heterocycles. The molecule has 0 saturated carbocycles. The van der Waals surface area contributed by atoms with E-state index >= 15 is 0 Å². The average Bonchev–Trinajstić information content (AvgIpc) is 2.35. The van der Waals surface area contributed by atoms with Gasteiger partial charge in [-0.25, -0.2) is 0 Å². The summed E-state index contributed by atoms with van der Waals surface area (Å²) in [6, 6.07) is 0. The molecule has 2 N–H and O–H groups in total. The number of nitrogens with zero attached hydrogens (tertiary/aromatic N) is 2. The van der Waals surface area contributed by atoms with E-state index in [9.17, 15) is 10.2 Å². The van der Waals surface area contributed by atoms with Gasteiger partial charge in [-0.15, -0.1) is 0 Å². The second-order valence-electron chi connectivity index (χ2n) is 10.9. The lowest BCUT2D eigenvalue weighted by Gasteiger charge is -2.54. The Morgan fingerprint density at radius 3 is 1.08 bits per heavy atom. The summed E-state index contributed by atoms with van der Waals surface area (Å²) in [4.78, 5) is 4.88. The lowest BCUT2D eigenvalue weighted by atomic mass is 9.78. The minimum atomic E-state index is -0.231. The highest BCUT2D eigenvalue weighted by Gasteiger charge is 2.45. The van der Waals surface area contributed by atoms with Crippen molar-refractivity contribution in [1.29, 1.82) is 0 Å². The number of aliphatic hydroxyl groups excluding tert-OH is 2. The molecule has 0 aromatic rings. The van der Waals surface area contributed by atoms with Gasteiger partial charge < -0.3 is 10.2 Å². The van der Waals surface area contributed by atoms with Crippen molar-refractivity contribution >= 4 is 0 Å². The van der Waals surface area contributed by atoms with Crippen LogP contribution in [0.4, 0.5) is 0 Å². The maximum absolute atomic E-state index is 10.2. The summed E-state index contributed by atoms with van der Waals surface area (Å²) in [6.45, 7) is 19.1. The molecule has 0 aromatic carbocycles. The first-order chi connectivity index (χ1) is 11.7. The maximum Gasteiger partial charge on any atom is 0.0611 e. The SMILES string of the molecule is CC1(C)CC(O)CC(C)(C)N1CC#CCN1C(C)(C)CC(O)CC1(C)C. The minimum absolute atomic E-state index is 0.0520. The highest BCUT2D eigenvalue weighted by Crippen LogP contribution is 2.39. The second kappa shape index (κ2) is 7.09. The van der Waals surface area contributed by atoms with Gasteiger partial charge in [0.1, 0.15) is 0 Å². The van der Waals surface area contributed by atoms with Gasteiger partial charge in [0.2, 0.25) is 0 Å². The van der Waals surface area contributed by atoms with Crippen molar-refractivity contribution in [3.05, 3.63) is 0 Å². The van der Waals surface area contributed by atoms with E-state index < -0.39 is 0 Å². The Bertz CT molecular complexity index is 484. The van der Waals surface area contributed by atoms with Crippen molar-refractivity contribution in [2.45, 2.75) is 115 Å². The van der Waals surface area contributed by atoms with Crippen LogP contribution in [0.2, 0.25) is 0 Å². The van der Waals surface area contributed by atoms with Crippen LogP contribution in [0.25, 0.3) is 0 Å². The Balaban J connectivity index is 2.08. The first kappa shape index (κ1) is 21.7. The quantitative estimate of drug-likeness (QED) is 0.740. The van der Waals surface area contributed by atoms with Crippen molar-refractivity contribution < 1.29 is 10.2 Å². The lowest BCUT2D eigenvalue weighted by molar-refractivity contribution is -0.0743. The van der Waals surface area contributed by atoms with Crippen LogP contribution in [0.3, 0.4) is 0 Å². The van der Waals surface area contributed by atoms with E-state index in [-0.39, 0.29) is 34.4 Å². The standard InChI is InChI=1S/C22H40N2O2/c1-19(2)13-17(25)14-20(3,4)23(19)11-9-10-12-24-21(5,6)15-18(26)16-22(24,7)8/h17-18,25-26H,11-16H2,1-8H3. The normalized spacial score (nSPS) is 29.2. The van der Waals surface area contributed by atoms with Gasteiger partial charge in [0.15, 0.2) is 0 Å². The van der Waals surface area contributed by atoms with Crippen LogP contribution in [-0.2, 0) is 0 Å². The third-order valence-electron chi connectivity index (χ3n) is 6.46. The lowest BCUT2D eigenvalue weighted by Crippen LogP contribution is -2.62. The summed E-state index contributed by atoms with van der Waals surface area (Å²) in [5, 5.41) is 20.4. The van der Waals surface area contributed by atoms with Crippen molar-refractivity contribution in [1.82, 2.24) is 9.80 Å². The molecule has 0 aromatic heterocycles. The molecule has 4 heteroatoms. The fourth-order valence-electron chi connectivity index (χ4n) is 5.66. The van der Waals surface area contributed by atoms with E-state index in [4.69, 9.17) is 0 Å². The van der Waals surface area contributed by atoms with Crippen LogP contribution in [-0.4, -0.2) is 67.5 Å². The van der Waals surface area contributed by atoms with Gasteiger partial charge in [-0.05, 0) is 81.1 Å². The maximum atomic E-state index is 10.2. The van der Waals surface area contributed by atoms with Gasteiger partial charge >= 0.3 is 0 Å². The Morgan fingerprint density at radius 2 is 0.846 bits per heavy atom. The Kier molecular flexibility index (Phi) is 5.92. The number of hydrogen-bond acceptors (Lipinski definition) is 4. The van der Waals surface area contributed by atoms with Gasteiger partial charge in [-0.3, -0.25) is 9.80 Å². The van der Waals surface area contributed by atoms with Crippen LogP contribution in [0.1, 0.15) is 81.1 Å². The van der Waals surface area contributed by atoms with Crippen LogP contribution >= 0.6 is 0 Å². The highest BCUT2D eigenvalue weighted by atomic mass is 16.3. The number of piperidine rings is 2. The predicted molar refractivity (Wildman–Crippen MR) is 108 cm³/mol.